The molecule has 2 aromatic heterocycles. The number of methoxy groups -OCH3 is 1. The highest BCUT2D eigenvalue weighted by Crippen LogP contribution is 2.37. The molecule has 0 spiro atoms. The van der Waals surface area contributed by atoms with Gasteiger partial charge in [0.05, 0.1) is 18.8 Å². The Morgan fingerprint density at radius 1 is 1.33 bits per heavy atom. The van der Waals surface area contributed by atoms with Crippen molar-refractivity contribution in [3.05, 3.63) is 16.4 Å². The highest BCUT2D eigenvalue weighted by molar-refractivity contribution is 7.16. The fraction of sp³-hybridized carbons (Fsp3) is 0.643. The molecule has 1 aliphatic rings. The minimum atomic E-state index is -4.75. The monoisotopic (exact) mass is 432 g/mol. The quantitative estimate of drug-likeness (QED) is 0.517. The smallest absolute Gasteiger partial charge is 0.377 e. The van der Waals surface area contributed by atoms with Crippen molar-refractivity contribution in [2.24, 2.45) is 5.92 Å². The lowest BCUT2D eigenvalue weighted by Gasteiger charge is -2.17. The van der Waals surface area contributed by atoms with Gasteiger partial charge in [0.25, 0.3) is 0 Å². The molecule has 13 heteroatoms. The van der Waals surface area contributed by atoms with E-state index < -0.39 is 42.0 Å². The average molecular weight is 433 g/mol. The van der Waals surface area contributed by atoms with Crippen LogP contribution in [0.2, 0.25) is 0 Å². The van der Waals surface area contributed by atoms with Crippen molar-refractivity contribution in [2.45, 2.75) is 37.6 Å². The Kier molecular flexibility index (Phi) is 5.34. The molecule has 0 radical (unpaired) electrons. The van der Waals surface area contributed by atoms with Gasteiger partial charge >= 0.3 is 11.6 Å². The molecule has 1 saturated heterocycles. The maximum absolute atomic E-state index is 13.5. The molecule has 6 nitrogen and oxygen atoms in total. The number of alkyl halides is 6. The van der Waals surface area contributed by atoms with Crippen molar-refractivity contribution in [2.75, 3.05) is 13.7 Å². The lowest BCUT2D eigenvalue weighted by atomic mass is 10.1. The normalized spacial score (nSPS) is 18.9. The Hall–Kier alpha value is -1.53. The van der Waals surface area contributed by atoms with Crippen LogP contribution in [0.15, 0.2) is 0 Å². The third kappa shape index (κ3) is 4.49. The number of rotatable bonds is 6. The Balaban J connectivity index is 1.86. The van der Waals surface area contributed by atoms with Gasteiger partial charge in [-0.15, -0.1) is 0 Å². The van der Waals surface area contributed by atoms with Crippen LogP contribution in [0.5, 0.6) is 0 Å². The second-order valence-corrected chi connectivity index (χ2v) is 7.79. The van der Waals surface area contributed by atoms with E-state index in [0.29, 0.717) is 9.52 Å². The summed E-state index contributed by atoms with van der Waals surface area (Å²) in [7, 11) is 1.39. The van der Waals surface area contributed by atoms with Crippen LogP contribution >= 0.6 is 22.9 Å². The first-order valence-corrected chi connectivity index (χ1v) is 8.95. The van der Waals surface area contributed by atoms with Gasteiger partial charge in [0.15, 0.2) is 5.69 Å². The predicted octanol–water partition coefficient (Wildman–Crippen LogP) is 3.53. The van der Waals surface area contributed by atoms with Crippen molar-refractivity contribution in [1.82, 2.24) is 19.5 Å². The largest absolute Gasteiger partial charge is 0.435 e. The van der Waals surface area contributed by atoms with Crippen LogP contribution < -0.4 is 0 Å². The first-order valence-electron chi connectivity index (χ1n) is 7.76. The number of hydrogen-bond acceptors (Lipinski definition) is 5. The van der Waals surface area contributed by atoms with E-state index in [0.717, 1.165) is 16.2 Å². The maximum atomic E-state index is 13.5. The predicted molar refractivity (Wildman–Crippen MR) is 85.5 cm³/mol. The highest BCUT2D eigenvalue weighted by atomic mass is 35.5. The topological polar surface area (TPSA) is 59.7 Å². The second-order valence-electron chi connectivity index (χ2n) is 6.19. The summed E-state index contributed by atoms with van der Waals surface area (Å²) in [6.07, 6.45) is -5.66. The van der Waals surface area contributed by atoms with E-state index in [1.807, 2.05) is 0 Å². The summed E-state index contributed by atoms with van der Waals surface area (Å²) in [4.78, 5) is 17.1. The standard InChI is InChI=1S/C14H14ClF5N4O2S/c1-26-6-9-22-24-11(14(18,19)20)8(21-12(24)27-9)5-23-4-7(2-10(23)25)3-13(15,16)17/h7H,2-6H2,1H3/t7-/m0/s1. The number of likely N-dealkylation sites (tertiary alicyclic amines) is 1. The molecule has 1 fully saturated rings. The molecule has 1 atom stereocenters. The van der Waals surface area contributed by atoms with E-state index in [-0.39, 0.29) is 30.2 Å². The van der Waals surface area contributed by atoms with E-state index in [9.17, 15) is 26.7 Å². The van der Waals surface area contributed by atoms with Crippen molar-refractivity contribution >= 4 is 33.8 Å². The summed E-state index contributed by atoms with van der Waals surface area (Å²) in [5, 5.41) is 0.711. The third-order valence-electron chi connectivity index (χ3n) is 4.01. The van der Waals surface area contributed by atoms with Gasteiger partial charge in [-0.1, -0.05) is 11.3 Å². The molecular weight excluding hydrogens is 419 g/mol. The summed E-state index contributed by atoms with van der Waals surface area (Å²) in [5.41, 5.74) is -1.47. The molecule has 0 bridgehead atoms. The number of ether oxygens (including phenoxy) is 1. The number of amides is 1. The number of aromatic nitrogens is 3. The molecule has 2 aromatic rings. The van der Waals surface area contributed by atoms with Gasteiger partial charge in [0.2, 0.25) is 10.9 Å². The molecule has 150 valence electrons. The Labute approximate surface area is 158 Å². The van der Waals surface area contributed by atoms with Crippen LogP contribution in [0.3, 0.4) is 0 Å². The summed E-state index contributed by atoms with van der Waals surface area (Å²) < 4.78 is 72.0. The molecule has 0 unspecified atom stereocenters. The molecule has 0 N–H and O–H groups in total. The van der Waals surface area contributed by atoms with Crippen molar-refractivity contribution in [1.29, 1.82) is 0 Å². The minimum absolute atomic E-state index is 0.0138. The van der Waals surface area contributed by atoms with Gasteiger partial charge in [-0.3, -0.25) is 4.79 Å². The van der Waals surface area contributed by atoms with Crippen molar-refractivity contribution < 1.29 is 31.5 Å². The van der Waals surface area contributed by atoms with E-state index in [4.69, 9.17) is 16.3 Å². The fourth-order valence-electron chi connectivity index (χ4n) is 3.06. The van der Waals surface area contributed by atoms with Crippen LogP contribution in [0.4, 0.5) is 22.0 Å². The Morgan fingerprint density at radius 3 is 2.63 bits per heavy atom. The van der Waals surface area contributed by atoms with E-state index >= 15 is 0 Å². The number of imidazole rings is 1. The molecule has 3 rings (SSSR count). The van der Waals surface area contributed by atoms with E-state index in [2.05, 4.69) is 10.1 Å². The van der Waals surface area contributed by atoms with Crippen LogP contribution in [-0.4, -0.2) is 44.4 Å². The first-order chi connectivity index (χ1) is 12.5. The van der Waals surface area contributed by atoms with E-state index in [1.165, 1.54) is 7.11 Å². The van der Waals surface area contributed by atoms with Crippen LogP contribution in [-0.2, 0) is 28.9 Å². The number of carbonyl (C=O) groups is 1. The van der Waals surface area contributed by atoms with Crippen molar-refractivity contribution in [3.63, 3.8) is 0 Å². The molecule has 1 amide bonds. The van der Waals surface area contributed by atoms with Gasteiger partial charge in [-0.05, 0) is 17.5 Å². The van der Waals surface area contributed by atoms with Crippen molar-refractivity contribution in [3.8, 4) is 0 Å². The second kappa shape index (κ2) is 7.13. The molecule has 27 heavy (non-hydrogen) atoms. The van der Waals surface area contributed by atoms with Gasteiger partial charge in [0.1, 0.15) is 5.01 Å². The lowest BCUT2D eigenvalue weighted by Crippen LogP contribution is -2.27. The third-order valence-corrected chi connectivity index (χ3v) is 5.05. The fourth-order valence-corrected chi connectivity index (χ4v) is 4.16. The zero-order valence-corrected chi connectivity index (χ0v) is 15.5. The van der Waals surface area contributed by atoms with Crippen LogP contribution in [0.25, 0.3) is 4.96 Å². The summed E-state index contributed by atoms with van der Waals surface area (Å²) in [5.74, 6) is -1.24. The first kappa shape index (κ1) is 20.2. The maximum Gasteiger partial charge on any atom is 0.435 e. The number of carbonyl (C=O) groups excluding carboxylic acids is 1. The van der Waals surface area contributed by atoms with Gasteiger partial charge in [0, 0.05) is 26.5 Å². The molecule has 0 aliphatic carbocycles. The van der Waals surface area contributed by atoms with E-state index in [1.54, 1.807) is 0 Å². The molecule has 0 aromatic carbocycles. The van der Waals surface area contributed by atoms with Crippen LogP contribution in [0, 0.1) is 5.92 Å². The molecule has 0 saturated carbocycles. The molecular formula is C14H14ClF5N4O2S. The molecule has 1 aliphatic heterocycles. The van der Waals surface area contributed by atoms with Gasteiger partial charge in [-0.2, -0.15) is 31.6 Å². The van der Waals surface area contributed by atoms with Gasteiger partial charge in [-0.25, -0.2) is 4.98 Å². The van der Waals surface area contributed by atoms with Crippen LogP contribution in [0.1, 0.15) is 29.2 Å². The number of nitrogens with zero attached hydrogens (tertiary/aromatic N) is 4. The summed E-state index contributed by atoms with van der Waals surface area (Å²) in [6.45, 7) is -0.501. The zero-order chi connectivity index (χ0) is 20.0. The number of hydrogen-bond donors (Lipinski definition) is 0. The SMILES string of the molecule is COCc1nn2c(C(F)(F)F)c(CN3C[C@H](CC(F)(F)Cl)CC3=O)nc2s1. The Morgan fingerprint density at radius 2 is 2.04 bits per heavy atom. The van der Waals surface area contributed by atoms with Gasteiger partial charge < -0.3 is 9.64 Å². The highest BCUT2D eigenvalue weighted by Gasteiger charge is 2.42. The number of halogens is 6. The average Bonchev–Trinajstić information content (AvgIpc) is 3.09. The Bertz CT molecular complexity index is 847. The molecule has 3 heterocycles. The number of fused-ring (bicyclic) bond motifs is 1. The summed E-state index contributed by atoms with van der Waals surface area (Å²) in [6, 6.07) is 0. The summed E-state index contributed by atoms with van der Waals surface area (Å²) >= 11 is 5.82. The zero-order valence-electron chi connectivity index (χ0n) is 13.9. The minimum Gasteiger partial charge on any atom is -0.377 e. The lowest BCUT2D eigenvalue weighted by molar-refractivity contribution is -0.144.